The van der Waals surface area contributed by atoms with Crippen molar-refractivity contribution in [1.82, 2.24) is 14.9 Å². The Morgan fingerprint density at radius 3 is 3.00 bits per heavy atom. The molecule has 24 heavy (non-hydrogen) atoms. The third kappa shape index (κ3) is 4.08. The van der Waals surface area contributed by atoms with Gasteiger partial charge in [0, 0.05) is 18.7 Å². The number of piperidine rings is 1. The Balaban J connectivity index is 1.73. The summed E-state index contributed by atoms with van der Waals surface area (Å²) in [6, 6.07) is 7.82. The first-order valence-electron chi connectivity index (χ1n) is 8.18. The molecule has 2 aromatic rings. The average Bonchev–Trinajstić information content (AvgIpc) is 2.57. The number of nitrogens with zero attached hydrogens (tertiary/aromatic N) is 3. The van der Waals surface area contributed by atoms with Crippen molar-refractivity contribution in [1.29, 1.82) is 0 Å². The van der Waals surface area contributed by atoms with Gasteiger partial charge in [-0.15, -0.1) is 0 Å². The van der Waals surface area contributed by atoms with E-state index in [4.69, 9.17) is 10.5 Å². The maximum atomic E-state index is 11.1. The minimum absolute atomic E-state index is 0.242. The molecule has 1 aliphatic heterocycles. The Kier molecular flexibility index (Phi) is 5.05. The molecule has 0 aliphatic carbocycles. The number of aromatic nitrogens is 2. The number of benzene rings is 1. The summed E-state index contributed by atoms with van der Waals surface area (Å²) >= 11 is 0. The second kappa shape index (κ2) is 7.40. The van der Waals surface area contributed by atoms with Gasteiger partial charge in [-0.25, -0.2) is 4.98 Å². The molecule has 126 valence electrons. The predicted octanol–water partition coefficient (Wildman–Crippen LogP) is 2.24. The zero-order chi connectivity index (χ0) is 16.9. The summed E-state index contributed by atoms with van der Waals surface area (Å²) in [7, 11) is 0. The van der Waals surface area contributed by atoms with Gasteiger partial charge in [0.15, 0.2) is 0 Å². The van der Waals surface area contributed by atoms with E-state index in [0.717, 1.165) is 42.9 Å². The molecule has 1 fully saturated rings. The van der Waals surface area contributed by atoms with Gasteiger partial charge in [0.1, 0.15) is 5.75 Å². The Bertz CT molecular complexity index is 720. The summed E-state index contributed by atoms with van der Waals surface area (Å²) in [4.78, 5) is 22.1. The first kappa shape index (κ1) is 16.4. The lowest BCUT2D eigenvalue weighted by Crippen LogP contribution is -2.40. The number of aryl methyl sites for hydroxylation is 1. The van der Waals surface area contributed by atoms with E-state index in [1.165, 1.54) is 0 Å². The topological polar surface area (TPSA) is 81.3 Å². The van der Waals surface area contributed by atoms with E-state index in [0.29, 0.717) is 12.4 Å². The van der Waals surface area contributed by atoms with Crippen LogP contribution in [0, 0.1) is 6.92 Å². The van der Waals surface area contributed by atoms with Crippen LogP contribution in [0.15, 0.2) is 36.7 Å². The van der Waals surface area contributed by atoms with E-state index in [1.54, 1.807) is 12.4 Å². The van der Waals surface area contributed by atoms with Crippen molar-refractivity contribution in [2.75, 3.05) is 19.6 Å². The molecule has 1 aromatic heterocycles. The predicted molar refractivity (Wildman–Crippen MR) is 90.9 cm³/mol. The number of amides is 1. The number of rotatable bonds is 5. The molecule has 0 bridgehead atoms. The van der Waals surface area contributed by atoms with Crippen LogP contribution < -0.4 is 10.5 Å². The number of hydrogen-bond acceptors (Lipinski definition) is 5. The summed E-state index contributed by atoms with van der Waals surface area (Å²) in [6.07, 6.45) is 5.45. The molecule has 1 aromatic carbocycles. The lowest BCUT2D eigenvalue weighted by atomic mass is 9.95. The molecule has 0 spiro atoms. The van der Waals surface area contributed by atoms with Crippen molar-refractivity contribution in [3.63, 3.8) is 0 Å². The molecule has 6 heteroatoms. The van der Waals surface area contributed by atoms with Crippen LogP contribution in [0.2, 0.25) is 0 Å². The molecule has 6 nitrogen and oxygen atoms in total. The molecular weight excluding hydrogens is 304 g/mol. The van der Waals surface area contributed by atoms with E-state index in [-0.39, 0.29) is 11.8 Å². The first-order chi connectivity index (χ1) is 11.6. The quantitative estimate of drug-likeness (QED) is 0.911. The highest BCUT2D eigenvalue weighted by molar-refractivity contribution is 5.75. The van der Waals surface area contributed by atoms with Crippen LogP contribution >= 0.6 is 0 Å². The van der Waals surface area contributed by atoms with Crippen LogP contribution in [0.25, 0.3) is 0 Å². The normalized spacial score (nSPS) is 18.3. The van der Waals surface area contributed by atoms with Crippen molar-refractivity contribution >= 4 is 5.91 Å². The van der Waals surface area contributed by atoms with Gasteiger partial charge >= 0.3 is 0 Å². The number of para-hydroxylation sites is 1. The van der Waals surface area contributed by atoms with Crippen molar-refractivity contribution in [2.24, 2.45) is 5.73 Å². The van der Waals surface area contributed by atoms with Crippen LogP contribution in [0.1, 0.15) is 30.0 Å². The Morgan fingerprint density at radius 1 is 1.38 bits per heavy atom. The van der Waals surface area contributed by atoms with Crippen molar-refractivity contribution in [3.8, 4) is 11.6 Å². The van der Waals surface area contributed by atoms with Crippen molar-refractivity contribution < 1.29 is 9.53 Å². The monoisotopic (exact) mass is 326 g/mol. The molecule has 1 atom stereocenters. The molecule has 1 unspecified atom stereocenters. The van der Waals surface area contributed by atoms with Crippen LogP contribution in [0.3, 0.4) is 0 Å². The minimum Gasteiger partial charge on any atom is -0.437 e. The number of carbonyl (C=O) groups excluding carboxylic acids is 1. The number of hydrogen-bond donors (Lipinski definition) is 1. The third-order valence-electron chi connectivity index (χ3n) is 4.24. The molecule has 2 heterocycles. The molecule has 1 saturated heterocycles. The van der Waals surface area contributed by atoms with Gasteiger partial charge < -0.3 is 10.5 Å². The van der Waals surface area contributed by atoms with Gasteiger partial charge in [-0.3, -0.25) is 14.7 Å². The zero-order valence-corrected chi connectivity index (χ0v) is 13.8. The maximum absolute atomic E-state index is 11.1. The molecule has 2 N–H and O–H groups in total. The van der Waals surface area contributed by atoms with Gasteiger partial charge in [-0.05, 0) is 37.9 Å². The number of likely N-dealkylation sites (tertiary alicyclic amines) is 1. The maximum Gasteiger partial charge on any atom is 0.238 e. The first-order valence-corrected chi connectivity index (χ1v) is 8.18. The van der Waals surface area contributed by atoms with Crippen molar-refractivity contribution in [3.05, 3.63) is 47.9 Å². The fourth-order valence-corrected chi connectivity index (χ4v) is 3.05. The van der Waals surface area contributed by atoms with Crippen LogP contribution in [-0.4, -0.2) is 40.4 Å². The summed E-state index contributed by atoms with van der Waals surface area (Å²) in [5, 5.41) is 0. The molecule has 1 amide bonds. The van der Waals surface area contributed by atoms with Crippen LogP contribution in [0.4, 0.5) is 0 Å². The standard InChI is InChI=1S/C18H22N4O2/c1-13-5-2-3-7-16(13)24-18-10-20-9-15(21-18)14-6-4-8-22(11-14)12-17(19)23/h2-3,5,7,9-10,14H,4,6,8,11-12H2,1H3,(H2,19,23). The molecule has 3 rings (SSSR count). The highest BCUT2D eigenvalue weighted by Crippen LogP contribution is 2.28. The second-order valence-electron chi connectivity index (χ2n) is 6.19. The molecule has 1 aliphatic rings. The Hall–Kier alpha value is -2.47. The highest BCUT2D eigenvalue weighted by atomic mass is 16.5. The van der Waals surface area contributed by atoms with E-state index in [1.807, 2.05) is 31.2 Å². The number of primary amides is 1. The third-order valence-corrected chi connectivity index (χ3v) is 4.24. The molecular formula is C18H22N4O2. The van der Waals surface area contributed by atoms with Gasteiger partial charge in [0.25, 0.3) is 0 Å². The summed E-state index contributed by atoms with van der Waals surface area (Å²) in [5.74, 6) is 1.22. The van der Waals surface area contributed by atoms with E-state index in [2.05, 4.69) is 14.9 Å². The summed E-state index contributed by atoms with van der Waals surface area (Å²) in [5.41, 5.74) is 7.25. The average molecular weight is 326 g/mol. The molecule has 0 radical (unpaired) electrons. The second-order valence-corrected chi connectivity index (χ2v) is 6.19. The van der Waals surface area contributed by atoms with E-state index in [9.17, 15) is 4.79 Å². The zero-order valence-electron chi connectivity index (χ0n) is 13.8. The minimum atomic E-state index is -0.293. The number of nitrogens with two attached hydrogens (primary N) is 1. The van der Waals surface area contributed by atoms with E-state index >= 15 is 0 Å². The lowest BCUT2D eigenvalue weighted by Gasteiger charge is -2.31. The van der Waals surface area contributed by atoms with Gasteiger partial charge in [-0.2, -0.15) is 0 Å². The lowest BCUT2D eigenvalue weighted by molar-refractivity contribution is -0.119. The fourth-order valence-electron chi connectivity index (χ4n) is 3.05. The van der Waals surface area contributed by atoms with Crippen molar-refractivity contribution in [2.45, 2.75) is 25.7 Å². The van der Waals surface area contributed by atoms with Gasteiger partial charge in [0.2, 0.25) is 11.8 Å². The van der Waals surface area contributed by atoms with Gasteiger partial charge in [0.05, 0.1) is 18.4 Å². The van der Waals surface area contributed by atoms with Crippen LogP contribution in [-0.2, 0) is 4.79 Å². The fraction of sp³-hybridized carbons (Fsp3) is 0.389. The highest BCUT2D eigenvalue weighted by Gasteiger charge is 2.23. The Labute approximate surface area is 141 Å². The Morgan fingerprint density at radius 2 is 2.21 bits per heavy atom. The van der Waals surface area contributed by atoms with E-state index < -0.39 is 0 Å². The van der Waals surface area contributed by atoms with Gasteiger partial charge in [-0.1, -0.05) is 18.2 Å². The smallest absolute Gasteiger partial charge is 0.238 e. The number of ether oxygens (including phenoxy) is 1. The molecule has 0 saturated carbocycles. The number of carbonyl (C=O) groups is 1. The largest absolute Gasteiger partial charge is 0.437 e. The summed E-state index contributed by atoms with van der Waals surface area (Å²) < 4.78 is 5.87. The SMILES string of the molecule is Cc1ccccc1Oc1cncc(C2CCCN(CC(N)=O)C2)n1. The summed E-state index contributed by atoms with van der Waals surface area (Å²) in [6.45, 7) is 3.95. The van der Waals surface area contributed by atoms with Crippen LogP contribution in [0.5, 0.6) is 11.6 Å².